The van der Waals surface area contributed by atoms with Crippen LogP contribution in [-0.2, 0) is 11.3 Å². The Balaban J connectivity index is 1.54. The smallest absolute Gasteiger partial charge is 0.262 e. The average molecular weight is 443 g/mol. The van der Waals surface area contributed by atoms with E-state index in [1.165, 1.54) is 11.1 Å². The highest BCUT2D eigenvalue weighted by Gasteiger charge is 2.09. The number of nitrogens with one attached hydrogen (secondary N) is 2. The Labute approximate surface area is 187 Å². The van der Waals surface area contributed by atoms with Crippen molar-refractivity contribution in [1.82, 2.24) is 0 Å². The minimum Gasteiger partial charge on any atom is -0.482 e. The third kappa shape index (κ3) is 5.91. The zero-order valence-electron chi connectivity index (χ0n) is 17.2. The number of carbonyl (C=O) groups excluding carboxylic acids is 1. The van der Waals surface area contributed by atoms with Crippen molar-refractivity contribution >= 4 is 40.5 Å². The van der Waals surface area contributed by atoms with Crippen LogP contribution in [-0.4, -0.2) is 12.5 Å². The molecule has 0 atom stereocenters. The van der Waals surface area contributed by atoms with Crippen molar-refractivity contribution in [3.05, 3.63) is 86.9 Å². The van der Waals surface area contributed by atoms with Crippen LogP contribution in [0.15, 0.2) is 54.6 Å². The summed E-state index contributed by atoms with van der Waals surface area (Å²) in [7, 11) is 0. The molecule has 0 unspecified atom stereocenters. The summed E-state index contributed by atoms with van der Waals surface area (Å²) in [6, 6.07) is 17.2. The molecule has 156 valence electrons. The summed E-state index contributed by atoms with van der Waals surface area (Å²) in [6.45, 7) is 6.55. The van der Waals surface area contributed by atoms with Crippen LogP contribution in [0, 0.1) is 20.8 Å². The van der Waals surface area contributed by atoms with Gasteiger partial charge in [-0.1, -0.05) is 53.0 Å². The van der Waals surface area contributed by atoms with Crippen LogP contribution in [0.3, 0.4) is 0 Å². The highest BCUT2D eigenvalue weighted by atomic mass is 35.5. The predicted molar refractivity (Wildman–Crippen MR) is 125 cm³/mol. The van der Waals surface area contributed by atoms with Gasteiger partial charge in [-0.05, 0) is 67.8 Å². The number of hydrogen-bond donors (Lipinski definition) is 2. The van der Waals surface area contributed by atoms with Crippen molar-refractivity contribution in [2.24, 2.45) is 0 Å². The number of aryl methyl sites for hydroxylation is 3. The van der Waals surface area contributed by atoms with Crippen LogP contribution >= 0.6 is 23.2 Å². The van der Waals surface area contributed by atoms with Crippen molar-refractivity contribution in [2.75, 3.05) is 17.2 Å². The van der Waals surface area contributed by atoms with Crippen molar-refractivity contribution in [2.45, 2.75) is 27.3 Å². The molecule has 0 saturated carbocycles. The molecule has 0 aliphatic heterocycles. The van der Waals surface area contributed by atoms with Crippen LogP contribution < -0.4 is 15.4 Å². The third-order valence-electron chi connectivity index (χ3n) is 4.68. The topological polar surface area (TPSA) is 50.4 Å². The van der Waals surface area contributed by atoms with Gasteiger partial charge in [0, 0.05) is 22.9 Å². The SMILES string of the molecule is Cc1ccc(NCc2ccc(OCC(=O)Nc3ccc(C)c(Cl)c3)c(Cl)c2)c(C)c1. The molecule has 0 fully saturated rings. The number of rotatable bonds is 7. The first-order chi connectivity index (χ1) is 14.3. The van der Waals surface area contributed by atoms with Gasteiger partial charge in [0.25, 0.3) is 5.91 Å². The van der Waals surface area contributed by atoms with E-state index < -0.39 is 0 Å². The zero-order valence-corrected chi connectivity index (χ0v) is 18.7. The second-order valence-corrected chi connectivity index (χ2v) is 8.05. The van der Waals surface area contributed by atoms with E-state index in [2.05, 4.69) is 42.7 Å². The highest BCUT2D eigenvalue weighted by molar-refractivity contribution is 6.32. The van der Waals surface area contributed by atoms with E-state index in [0.717, 1.165) is 16.8 Å². The molecular formula is C24H24Cl2N2O2. The van der Waals surface area contributed by atoms with Crippen LogP contribution in [0.5, 0.6) is 5.75 Å². The molecule has 30 heavy (non-hydrogen) atoms. The molecule has 0 aliphatic rings. The van der Waals surface area contributed by atoms with Crippen molar-refractivity contribution in [3.8, 4) is 5.75 Å². The van der Waals surface area contributed by atoms with Crippen LogP contribution in [0.25, 0.3) is 0 Å². The van der Waals surface area contributed by atoms with Gasteiger partial charge in [-0.25, -0.2) is 0 Å². The largest absolute Gasteiger partial charge is 0.482 e. The predicted octanol–water partition coefficient (Wildman–Crippen LogP) is 6.55. The first-order valence-corrected chi connectivity index (χ1v) is 10.4. The lowest BCUT2D eigenvalue weighted by molar-refractivity contribution is -0.118. The van der Waals surface area contributed by atoms with E-state index in [-0.39, 0.29) is 12.5 Å². The van der Waals surface area contributed by atoms with Gasteiger partial charge in [0.15, 0.2) is 6.61 Å². The minimum absolute atomic E-state index is 0.147. The second kappa shape index (κ2) is 9.88. The van der Waals surface area contributed by atoms with Gasteiger partial charge in [0.05, 0.1) is 5.02 Å². The van der Waals surface area contributed by atoms with E-state index in [0.29, 0.717) is 28.0 Å². The van der Waals surface area contributed by atoms with Crippen molar-refractivity contribution in [3.63, 3.8) is 0 Å². The number of carbonyl (C=O) groups is 1. The summed E-state index contributed by atoms with van der Waals surface area (Å²) in [6.07, 6.45) is 0. The fraction of sp³-hybridized carbons (Fsp3) is 0.208. The summed E-state index contributed by atoms with van der Waals surface area (Å²) in [5.41, 5.74) is 6.11. The van der Waals surface area contributed by atoms with Gasteiger partial charge in [-0.2, -0.15) is 0 Å². The fourth-order valence-electron chi connectivity index (χ4n) is 2.99. The number of benzene rings is 3. The molecule has 3 aromatic rings. The first kappa shape index (κ1) is 22.0. The fourth-order valence-corrected chi connectivity index (χ4v) is 3.43. The molecule has 0 aromatic heterocycles. The Morgan fingerprint density at radius 3 is 2.40 bits per heavy atom. The van der Waals surface area contributed by atoms with E-state index in [1.54, 1.807) is 18.2 Å². The monoisotopic (exact) mass is 442 g/mol. The lowest BCUT2D eigenvalue weighted by atomic mass is 10.1. The molecule has 3 rings (SSSR count). The summed E-state index contributed by atoms with van der Waals surface area (Å²) in [5.74, 6) is 0.176. The van der Waals surface area contributed by atoms with Crippen LogP contribution in [0.4, 0.5) is 11.4 Å². The molecule has 0 heterocycles. The third-order valence-corrected chi connectivity index (χ3v) is 5.38. The van der Waals surface area contributed by atoms with E-state index in [4.69, 9.17) is 27.9 Å². The number of halogens is 2. The van der Waals surface area contributed by atoms with Gasteiger partial charge in [-0.15, -0.1) is 0 Å². The Bertz CT molecular complexity index is 1070. The van der Waals surface area contributed by atoms with Crippen molar-refractivity contribution in [1.29, 1.82) is 0 Å². The molecule has 0 spiro atoms. The molecule has 3 aromatic carbocycles. The normalized spacial score (nSPS) is 10.6. The van der Waals surface area contributed by atoms with Crippen molar-refractivity contribution < 1.29 is 9.53 Å². The summed E-state index contributed by atoms with van der Waals surface area (Å²) in [4.78, 5) is 12.1. The maximum Gasteiger partial charge on any atom is 0.262 e. The molecule has 4 nitrogen and oxygen atoms in total. The Hall–Kier alpha value is -2.69. The molecule has 6 heteroatoms. The van der Waals surface area contributed by atoms with Gasteiger partial charge < -0.3 is 15.4 Å². The molecule has 2 N–H and O–H groups in total. The van der Waals surface area contributed by atoms with E-state index in [9.17, 15) is 4.79 Å². The lowest BCUT2D eigenvalue weighted by Crippen LogP contribution is -2.20. The van der Waals surface area contributed by atoms with E-state index in [1.807, 2.05) is 25.1 Å². The molecule has 1 amide bonds. The molecule has 0 radical (unpaired) electrons. The summed E-state index contributed by atoms with van der Waals surface area (Å²) >= 11 is 12.4. The highest BCUT2D eigenvalue weighted by Crippen LogP contribution is 2.26. The Kier molecular flexibility index (Phi) is 7.24. The Morgan fingerprint density at radius 2 is 1.70 bits per heavy atom. The number of hydrogen-bond acceptors (Lipinski definition) is 3. The van der Waals surface area contributed by atoms with E-state index >= 15 is 0 Å². The van der Waals surface area contributed by atoms with Gasteiger partial charge in [-0.3, -0.25) is 4.79 Å². The maximum atomic E-state index is 12.1. The standard InChI is InChI=1S/C24H24Cl2N2O2/c1-15-4-8-22(17(3)10-15)27-13-18-6-9-23(21(26)11-18)30-14-24(29)28-19-7-5-16(2)20(25)12-19/h4-12,27H,13-14H2,1-3H3,(H,28,29). The Morgan fingerprint density at radius 1 is 0.900 bits per heavy atom. The summed E-state index contributed by atoms with van der Waals surface area (Å²) in [5, 5.41) is 7.23. The van der Waals surface area contributed by atoms with Crippen LogP contribution in [0.2, 0.25) is 10.0 Å². The molecule has 0 saturated heterocycles. The molecule has 0 aliphatic carbocycles. The second-order valence-electron chi connectivity index (χ2n) is 7.24. The molecular weight excluding hydrogens is 419 g/mol. The number of amides is 1. The van der Waals surface area contributed by atoms with Crippen LogP contribution in [0.1, 0.15) is 22.3 Å². The van der Waals surface area contributed by atoms with Gasteiger partial charge in [0.1, 0.15) is 5.75 Å². The number of ether oxygens (including phenoxy) is 1. The van der Waals surface area contributed by atoms with Gasteiger partial charge >= 0.3 is 0 Å². The minimum atomic E-state index is -0.286. The lowest BCUT2D eigenvalue weighted by Gasteiger charge is -2.13. The first-order valence-electron chi connectivity index (χ1n) is 9.60. The van der Waals surface area contributed by atoms with Gasteiger partial charge in [0.2, 0.25) is 0 Å². The summed E-state index contributed by atoms with van der Waals surface area (Å²) < 4.78 is 5.58. The molecule has 0 bridgehead atoms. The zero-order chi connectivity index (χ0) is 21.7. The average Bonchev–Trinajstić information content (AvgIpc) is 2.69. The maximum absolute atomic E-state index is 12.1. The quantitative estimate of drug-likeness (QED) is 0.436. The number of anilines is 2.